The number of hydrogen-bond acceptors (Lipinski definition) is 7. The first kappa shape index (κ1) is 20.4. The van der Waals surface area contributed by atoms with Crippen molar-refractivity contribution in [2.24, 2.45) is 11.8 Å². The smallest absolute Gasteiger partial charge is 0.316 e. The van der Waals surface area contributed by atoms with E-state index >= 15 is 0 Å². The van der Waals surface area contributed by atoms with E-state index in [0.717, 1.165) is 23.1 Å². The lowest BCUT2D eigenvalue weighted by Crippen LogP contribution is -2.29. The Labute approximate surface area is 186 Å². The third kappa shape index (κ3) is 3.67. The molecule has 32 heavy (non-hydrogen) atoms. The molecule has 2 aliphatic heterocycles. The third-order valence-electron chi connectivity index (χ3n) is 6.18. The number of carbonyl (C=O) groups is 2. The average molecular weight is 431 g/mol. The number of allylic oxidation sites excluding steroid dienone is 2. The Morgan fingerprint density at radius 3 is 2.75 bits per heavy atom. The zero-order chi connectivity index (χ0) is 22.2. The summed E-state index contributed by atoms with van der Waals surface area (Å²) >= 11 is 0. The summed E-state index contributed by atoms with van der Waals surface area (Å²) in [6, 6.07) is 6.04. The second-order valence-electron chi connectivity index (χ2n) is 8.56. The predicted octanol–water partition coefficient (Wildman–Crippen LogP) is 1.52. The highest BCUT2D eigenvalue weighted by Crippen LogP contribution is 2.42. The van der Waals surface area contributed by atoms with Crippen molar-refractivity contribution in [3.05, 3.63) is 66.0 Å². The van der Waals surface area contributed by atoms with Gasteiger partial charge < -0.3 is 15.0 Å². The van der Waals surface area contributed by atoms with Gasteiger partial charge in [-0.05, 0) is 37.5 Å². The van der Waals surface area contributed by atoms with Crippen LogP contribution in [0.1, 0.15) is 11.5 Å². The fourth-order valence-corrected chi connectivity index (χ4v) is 4.54. The summed E-state index contributed by atoms with van der Waals surface area (Å²) in [6.45, 7) is 1.23. The molecule has 2 aromatic rings. The second kappa shape index (κ2) is 8.20. The van der Waals surface area contributed by atoms with Crippen LogP contribution >= 0.6 is 0 Å². The van der Waals surface area contributed by atoms with Crippen molar-refractivity contribution in [3.63, 3.8) is 0 Å². The molecular formula is C24H25N5O3. The van der Waals surface area contributed by atoms with Crippen molar-refractivity contribution < 1.29 is 14.3 Å². The molecule has 3 heterocycles. The Hall–Kier alpha value is -3.52. The topological polar surface area (TPSA) is 96.5 Å². The van der Waals surface area contributed by atoms with Crippen LogP contribution in [-0.2, 0) is 9.59 Å². The van der Waals surface area contributed by atoms with Crippen molar-refractivity contribution in [3.8, 4) is 6.01 Å². The lowest BCUT2D eigenvalue weighted by atomic mass is 9.76. The van der Waals surface area contributed by atoms with Crippen LogP contribution < -0.4 is 15.4 Å². The maximum absolute atomic E-state index is 12.8. The van der Waals surface area contributed by atoms with E-state index in [1.54, 1.807) is 6.20 Å². The van der Waals surface area contributed by atoms with Crippen LogP contribution in [-0.4, -0.2) is 60.0 Å². The molecule has 0 radical (unpaired) electrons. The van der Waals surface area contributed by atoms with E-state index in [9.17, 15) is 9.59 Å². The van der Waals surface area contributed by atoms with Crippen molar-refractivity contribution in [1.82, 2.24) is 25.5 Å². The van der Waals surface area contributed by atoms with Gasteiger partial charge in [-0.3, -0.25) is 14.9 Å². The van der Waals surface area contributed by atoms with Crippen LogP contribution in [0, 0.1) is 11.8 Å². The van der Waals surface area contributed by atoms with E-state index in [1.807, 2.05) is 55.5 Å². The molecule has 4 atom stereocenters. The molecule has 1 aromatic carbocycles. The van der Waals surface area contributed by atoms with E-state index < -0.39 is 11.8 Å². The number of hydrogen-bond donors (Lipinski definition) is 2. The largest absolute Gasteiger partial charge is 0.462 e. The fraction of sp³-hybridized carbons (Fsp3) is 0.333. The number of rotatable bonds is 6. The monoisotopic (exact) mass is 431 g/mol. The minimum atomic E-state index is -0.605. The lowest BCUT2D eigenvalue weighted by molar-refractivity contribution is -0.125. The van der Waals surface area contributed by atoms with Crippen LogP contribution in [0.3, 0.4) is 0 Å². The summed E-state index contributed by atoms with van der Waals surface area (Å²) < 4.78 is 5.66. The summed E-state index contributed by atoms with van der Waals surface area (Å²) in [4.78, 5) is 36.5. The molecule has 2 N–H and O–H groups in total. The maximum atomic E-state index is 12.8. The van der Waals surface area contributed by atoms with Crippen molar-refractivity contribution in [2.75, 3.05) is 27.2 Å². The van der Waals surface area contributed by atoms with Gasteiger partial charge in [-0.1, -0.05) is 36.4 Å². The molecule has 1 aliphatic carbocycles. The number of aromatic nitrogens is 2. The van der Waals surface area contributed by atoms with E-state index in [4.69, 9.17) is 4.74 Å². The lowest BCUT2D eigenvalue weighted by Gasteiger charge is -2.24. The standard InChI is InChI=1S/C24H25N5O3/c1-29(2)9-10-32-24-26-12-15-8-7-14(11-19(15)27-24)20-21(23(31)28-22(20)30)17-13-25-18-6-4-3-5-16(17)18/h3-8,11-13,16,18,20-21,25H,9-10H2,1-2H3,(H,28,30,31). The van der Waals surface area contributed by atoms with Gasteiger partial charge in [0.05, 0.1) is 23.4 Å². The van der Waals surface area contributed by atoms with Crippen molar-refractivity contribution in [1.29, 1.82) is 0 Å². The summed E-state index contributed by atoms with van der Waals surface area (Å²) in [5.41, 5.74) is 2.36. The highest BCUT2D eigenvalue weighted by molar-refractivity contribution is 6.09. The second-order valence-corrected chi connectivity index (χ2v) is 8.56. The van der Waals surface area contributed by atoms with Gasteiger partial charge in [0.1, 0.15) is 6.61 Å². The molecular weight excluding hydrogens is 406 g/mol. The summed E-state index contributed by atoms with van der Waals surface area (Å²) in [5.74, 6) is -1.64. The van der Waals surface area contributed by atoms with E-state index in [2.05, 4.69) is 32.8 Å². The zero-order valence-corrected chi connectivity index (χ0v) is 18.0. The molecule has 0 spiro atoms. The zero-order valence-electron chi connectivity index (χ0n) is 18.0. The predicted molar refractivity (Wildman–Crippen MR) is 120 cm³/mol. The van der Waals surface area contributed by atoms with Crippen LogP contribution in [0.2, 0.25) is 0 Å². The number of nitrogens with one attached hydrogen (secondary N) is 2. The first-order valence-electron chi connectivity index (χ1n) is 10.7. The molecule has 5 rings (SSSR count). The molecule has 0 bridgehead atoms. The normalized spacial score (nSPS) is 26.3. The summed E-state index contributed by atoms with van der Waals surface area (Å²) in [5, 5.41) is 6.71. The Morgan fingerprint density at radius 2 is 1.91 bits per heavy atom. The Bertz CT molecular complexity index is 1170. The Morgan fingerprint density at radius 1 is 1.09 bits per heavy atom. The van der Waals surface area contributed by atoms with Crippen LogP contribution in [0.25, 0.3) is 10.9 Å². The molecule has 8 heteroatoms. The molecule has 8 nitrogen and oxygen atoms in total. The maximum Gasteiger partial charge on any atom is 0.316 e. The van der Waals surface area contributed by atoms with E-state index in [-0.39, 0.29) is 23.8 Å². The number of amides is 2. The molecule has 3 aliphatic rings. The average Bonchev–Trinajstić information content (AvgIpc) is 3.32. The van der Waals surface area contributed by atoms with Gasteiger partial charge in [0.15, 0.2) is 0 Å². The molecule has 2 amide bonds. The molecule has 164 valence electrons. The third-order valence-corrected chi connectivity index (χ3v) is 6.18. The Balaban J connectivity index is 1.45. The van der Waals surface area contributed by atoms with Crippen LogP contribution in [0.15, 0.2) is 60.5 Å². The van der Waals surface area contributed by atoms with Crippen LogP contribution in [0.4, 0.5) is 0 Å². The minimum Gasteiger partial charge on any atom is -0.462 e. The molecule has 4 unspecified atom stereocenters. The minimum absolute atomic E-state index is 0.0589. The number of imide groups is 1. The van der Waals surface area contributed by atoms with Gasteiger partial charge in [0, 0.05) is 24.0 Å². The first-order valence-corrected chi connectivity index (χ1v) is 10.7. The SMILES string of the molecule is CN(C)CCOc1ncc2ccc(C3C(=O)NC(=O)C3C3=CNC4C=CC=CC34)cc2n1. The molecule has 0 saturated carbocycles. The molecule has 1 saturated heterocycles. The van der Waals surface area contributed by atoms with Gasteiger partial charge in [0.2, 0.25) is 11.8 Å². The van der Waals surface area contributed by atoms with Crippen LogP contribution in [0.5, 0.6) is 6.01 Å². The van der Waals surface area contributed by atoms with Gasteiger partial charge in [-0.15, -0.1) is 0 Å². The summed E-state index contributed by atoms with van der Waals surface area (Å²) in [6.07, 6.45) is 11.7. The number of ether oxygens (including phenoxy) is 1. The quantitative estimate of drug-likeness (QED) is 0.670. The Kier molecular flexibility index (Phi) is 5.22. The van der Waals surface area contributed by atoms with Gasteiger partial charge in [-0.25, -0.2) is 4.98 Å². The number of fused-ring (bicyclic) bond motifs is 2. The highest BCUT2D eigenvalue weighted by Gasteiger charge is 2.48. The van der Waals surface area contributed by atoms with Gasteiger partial charge in [0.25, 0.3) is 0 Å². The number of benzene rings is 1. The van der Waals surface area contributed by atoms with E-state index in [0.29, 0.717) is 18.1 Å². The van der Waals surface area contributed by atoms with Crippen molar-refractivity contribution in [2.45, 2.75) is 12.0 Å². The number of nitrogens with zero attached hydrogens (tertiary/aromatic N) is 3. The fourth-order valence-electron chi connectivity index (χ4n) is 4.54. The number of likely N-dealkylation sites (N-methyl/N-ethyl adjacent to an activating group) is 1. The molecule has 1 aromatic heterocycles. The summed E-state index contributed by atoms with van der Waals surface area (Å²) in [7, 11) is 3.94. The highest BCUT2D eigenvalue weighted by atomic mass is 16.5. The van der Waals surface area contributed by atoms with E-state index in [1.165, 1.54) is 0 Å². The first-order chi connectivity index (χ1) is 15.5. The molecule has 1 fully saturated rings. The number of carbonyl (C=O) groups excluding carboxylic acids is 2. The van der Waals surface area contributed by atoms with Crippen molar-refractivity contribution >= 4 is 22.7 Å². The van der Waals surface area contributed by atoms with Gasteiger partial charge in [-0.2, -0.15) is 4.98 Å². The van der Waals surface area contributed by atoms with Gasteiger partial charge >= 0.3 is 6.01 Å².